The number of aldehydes is 1. The number of hydrogen-bond donors (Lipinski definition) is 0. The van der Waals surface area contributed by atoms with Crippen LogP contribution in [0.25, 0.3) is 0 Å². The normalized spacial score (nSPS) is 15.9. The molecule has 0 radical (unpaired) electrons. The van der Waals surface area contributed by atoms with Gasteiger partial charge in [0.05, 0.1) is 0 Å². The van der Waals surface area contributed by atoms with Crippen LogP contribution >= 0.6 is 0 Å². The maximum Gasteiger partial charge on any atom is 0.133 e. The zero-order valence-corrected chi connectivity index (χ0v) is 6.76. The molecule has 0 aromatic heterocycles. The lowest BCUT2D eigenvalue weighted by molar-refractivity contribution is -0.125. The smallest absolute Gasteiger partial charge is 0.133 e. The van der Waals surface area contributed by atoms with Gasteiger partial charge >= 0.3 is 0 Å². The summed E-state index contributed by atoms with van der Waals surface area (Å²) >= 11 is 0. The summed E-state index contributed by atoms with van der Waals surface area (Å²) in [6.45, 7) is 5.24. The molecule has 0 saturated carbocycles. The summed E-state index contributed by atoms with van der Waals surface area (Å²) in [7, 11) is 0. The van der Waals surface area contributed by atoms with Crippen molar-refractivity contribution in [2.24, 2.45) is 11.8 Å². The van der Waals surface area contributed by atoms with Crippen LogP contribution in [0, 0.1) is 11.8 Å². The van der Waals surface area contributed by atoms with E-state index in [2.05, 4.69) is 0 Å². The van der Waals surface area contributed by atoms with Crippen LogP contribution in [0.15, 0.2) is 0 Å². The van der Waals surface area contributed by atoms with Crippen LogP contribution < -0.4 is 0 Å². The van der Waals surface area contributed by atoms with E-state index in [-0.39, 0.29) is 17.6 Å². The second kappa shape index (κ2) is 4.20. The van der Waals surface area contributed by atoms with Gasteiger partial charge in [-0.2, -0.15) is 0 Å². The van der Waals surface area contributed by atoms with Gasteiger partial charge in [0.15, 0.2) is 0 Å². The Bertz CT molecular complexity index is 129. The van der Waals surface area contributed by atoms with E-state index in [0.29, 0.717) is 0 Å². The van der Waals surface area contributed by atoms with Crippen LogP contribution in [0.5, 0.6) is 0 Å². The van der Waals surface area contributed by atoms with E-state index in [1.54, 1.807) is 6.92 Å². The first kappa shape index (κ1) is 9.34. The topological polar surface area (TPSA) is 34.1 Å². The average molecular weight is 142 g/mol. The fourth-order valence-electron chi connectivity index (χ4n) is 0.869. The van der Waals surface area contributed by atoms with Gasteiger partial charge in [0.25, 0.3) is 0 Å². The summed E-state index contributed by atoms with van der Waals surface area (Å²) < 4.78 is 0. The largest absolute Gasteiger partial charge is 0.303 e. The standard InChI is InChI=1S/C8H14O2/c1-4-8(5-9)6(2)7(3)10/h5-6,8H,4H2,1-3H3. The molecule has 58 valence electrons. The summed E-state index contributed by atoms with van der Waals surface area (Å²) in [5.74, 6) is -0.0982. The first-order chi connectivity index (χ1) is 4.63. The minimum atomic E-state index is -0.109. The number of rotatable bonds is 4. The van der Waals surface area contributed by atoms with Crippen molar-refractivity contribution in [2.75, 3.05) is 0 Å². The van der Waals surface area contributed by atoms with Crippen LogP contribution in [0.3, 0.4) is 0 Å². The lowest BCUT2D eigenvalue weighted by atomic mass is 9.90. The minimum absolute atomic E-state index is 0.0856. The van der Waals surface area contributed by atoms with Crippen LogP contribution in [0.4, 0.5) is 0 Å². The van der Waals surface area contributed by atoms with Crippen molar-refractivity contribution in [3.05, 3.63) is 0 Å². The molecule has 2 nitrogen and oxygen atoms in total. The van der Waals surface area contributed by atoms with E-state index in [4.69, 9.17) is 0 Å². The highest BCUT2D eigenvalue weighted by molar-refractivity contribution is 5.81. The van der Waals surface area contributed by atoms with Crippen molar-refractivity contribution in [2.45, 2.75) is 27.2 Å². The van der Waals surface area contributed by atoms with Crippen molar-refractivity contribution < 1.29 is 9.59 Å². The number of carbonyl (C=O) groups is 2. The number of Topliss-reactive ketones (excluding diaryl/α,β-unsaturated/α-hetero) is 1. The first-order valence-electron chi connectivity index (χ1n) is 3.59. The fraction of sp³-hybridized carbons (Fsp3) is 0.750. The van der Waals surface area contributed by atoms with Crippen LogP contribution in [0.2, 0.25) is 0 Å². The summed E-state index contributed by atoms with van der Waals surface area (Å²) in [6.07, 6.45) is 1.62. The third-order valence-corrected chi connectivity index (χ3v) is 1.93. The molecule has 0 aliphatic rings. The maximum absolute atomic E-state index is 10.7. The molecule has 0 aromatic rings. The molecule has 0 saturated heterocycles. The molecule has 10 heavy (non-hydrogen) atoms. The van der Waals surface area contributed by atoms with Crippen molar-refractivity contribution in [1.82, 2.24) is 0 Å². The molecular weight excluding hydrogens is 128 g/mol. The highest BCUT2D eigenvalue weighted by Crippen LogP contribution is 2.13. The van der Waals surface area contributed by atoms with Crippen molar-refractivity contribution in [3.8, 4) is 0 Å². The summed E-state index contributed by atoms with van der Waals surface area (Å²) in [6, 6.07) is 0. The third kappa shape index (κ3) is 2.29. The Balaban J connectivity index is 4.00. The highest BCUT2D eigenvalue weighted by Gasteiger charge is 2.17. The molecule has 0 rings (SSSR count). The molecule has 0 aliphatic carbocycles. The van der Waals surface area contributed by atoms with Crippen LogP contribution in [0.1, 0.15) is 27.2 Å². The lowest BCUT2D eigenvalue weighted by Crippen LogP contribution is -2.18. The molecule has 0 fully saturated rings. The molecule has 0 aliphatic heterocycles. The van der Waals surface area contributed by atoms with E-state index in [9.17, 15) is 9.59 Å². The molecule has 0 N–H and O–H groups in total. The monoisotopic (exact) mass is 142 g/mol. The molecule has 0 bridgehead atoms. The van der Waals surface area contributed by atoms with E-state index in [0.717, 1.165) is 12.7 Å². The number of ketones is 1. The molecule has 0 heterocycles. The average Bonchev–Trinajstić information content (AvgIpc) is 1.90. The Kier molecular flexibility index (Phi) is 3.93. The van der Waals surface area contributed by atoms with E-state index < -0.39 is 0 Å². The van der Waals surface area contributed by atoms with Gasteiger partial charge in [-0.25, -0.2) is 0 Å². The second-order valence-corrected chi connectivity index (χ2v) is 2.61. The number of hydrogen-bond acceptors (Lipinski definition) is 2. The van der Waals surface area contributed by atoms with E-state index in [1.807, 2.05) is 6.92 Å². The SMILES string of the molecule is CCC(C=O)C(C)C(C)=O. The predicted octanol–water partition coefficient (Wildman–Crippen LogP) is 1.44. The van der Waals surface area contributed by atoms with Crippen LogP contribution in [-0.4, -0.2) is 12.1 Å². The first-order valence-corrected chi connectivity index (χ1v) is 3.59. The number of carbonyl (C=O) groups excluding carboxylic acids is 2. The zero-order chi connectivity index (χ0) is 8.15. The molecule has 2 atom stereocenters. The molecule has 2 heteroatoms. The van der Waals surface area contributed by atoms with E-state index in [1.165, 1.54) is 6.92 Å². The van der Waals surface area contributed by atoms with Gasteiger partial charge in [-0.15, -0.1) is 0 Å². The Morgan fingerprint density at radius 2 is 2.10 bits per heavy atom. The summed E-state index contributed by atoms with van der Waals surface area (Å²) in [5.41, 5.74) is 0. The molecular formula is C8H14O2. The van der Waals surface area contributed by atoms with Gasteiger partial charge in [-0.1, -0.05) is 13.8 Å². The highest BCUT2D eigenvalue weighted by atomic mass is 16.1. The summed E-state index contributed by atoms with van der Waals surface area (Å²) in [4.78, 5) is 21.1. The molecule has 2 unspecified atom stereocenters. The molecule has 0 aromatic carbocycles. The molecule has 0 amide bonds. The zero-order valence-electron chi connectivity index (χ0n) is 6.76. The lowest BCUT2D eigenvalue weighted by Gasteiger charge is -2.12. The van der Waals surface area contributed by atoms with Crippen molar-refractivity contribution in [3.63, 3.8) is 0 Å². The third-order valence-electron chi connectivity index (χ3n) is 1.93. The van der Waals surface area contributed by atoms with Crippen molar-refractivity contribution in [1.29, 1.82) is 0 Å². The predicted molar refractivity (Wildman–Crippen MR) is 39.7 cm³/mol. The second-order valence-electron chi connectivity index (χ2n) is 2.61. The Hall–Kier alpha value is -0.660. The van der Waals surface area contributed by atoms with Crippen LogP contribution in [-0.2, 0) is 9.59 Å². The van der Waals surface area contributed by atoms with E-state index >= 15 is 0 Å². The van der Waals surface area contributed by atoms with Crippen molar-refractivity contribution >= 4 is 12.1 Å². The fourth-order valence-corrected chi connectivity index (χ4v) is 0.869. The molecule has 0 spiro atoms. The van der Waals surface area contributed by atoms with Gasteiger partial charge in [0.1, 0.15) is 12.1 Å². The van der Waals surface area contributed by atoms with Gasteiger partial charge in [-0.05, 0) is 13.3 Å². The summed E-state index contributed by atoms with van der Waals surface area (Å²) in [5, 5.41) is 0. The van der Waals surface area contributed by atoms with Gasteiger partial charge in [0.2, 0.25) is 0 Å². The van der Waals surface area contributed by atoms with Gasteiger partial charge in [0, 0.05) is 11.8 Å². The van der Waals surface area contributed by atoms with Gasteiger partial charge < -0.3 is 4.79 Å². The Morgan fingerprint density at radius 3 is 2.20 bits per heavy atom. The Morgan fingerprint density at radius 1 is 1.60 bits per heavy atom. The quantitative estimate of drug-likeness (QED) is 0.556. The minimum Gasteiger partial charge on any atom is -0.303 e. The maximum atomic E-state index is 10.7. The Labute approximate surface area is 61.6 Å². The van der Waals surface area contributed by atoms with Gasteiger partial charge in [-0.3, -0.25) is 4.79 Å².